The molecule has 0 radical (unpaired) electrons. The molecule has 1 N–H and O–H groups in total. The van der Waals surface area contributed by atoms with E-state index in [1.165, 1.54) is 36.8 Å². The number of fused-ring (bicyclic) bond motifs is 1. The predicted molar refractivity (Wildman–Crippen MR) is 63.0 cm³/mol. The fourth-order valence-electron chi connectivity index (χ4n) is 3.10. The summed E-state index contributed by atoms with van der Waals surface area (Å²) in [5.41, 5.74) is 2.78. The van der Waals surface area contributed by atoms with Crippen molar-refractivity contribution in [2.24, 2.45) is 5.92 Å². The van der Waals surface area contributed by atoms with Gasteiger partial charge in [-0.05, 0) is 36.0 Å². The minimum absolute atomic E-state index is 0.524. The van der Waals surface area contributed by atoms with Crippen molar-refractivity contribution < 1.29 is 0 Å². The molecule has 1 unspecified atom stereocenters. The molecule has 1 saturated carbocycles. The van der Waals surface area contributed by atoms with Gasteiger partial charge in [0.15, 0.2) is 0 Å². The zero-order chi connectivity index (χ0) is 10.3. The first-order valence-electron chi connectivity index (χ1n) is 5.87. The van der Waals surface area contributed by atoms with Gasteiger partial charge in [-0.2, -0.15) is 0 Å². The van der Waals surface area contributed by atoms with Crippen molar-refractivity contribution in [2.45, 2.75) is 38.3 Å². The number of benzene rings is 1. The Balaban J connectivity index is 1.96. The molecule has 15 heavy (non-hydrogen) atoms. The van der Waals surface area contributed by atoms with Crippen LogP contribution in [-0.4, -0.2) is 0 Å². The molecule has 1 heterocycles. The molecule has 1 atom stereocenters. The van der Waals surface area contributed by atoms with E-state index < -0.39 is 0 Å². The van der Waals surface area contributed by atoms with Crippen LogP contribution < -0.4 is 5.32 Å². The molecule has 0 spiro atoms. The fraction of sp³-hybridized carbons (Fsp3) is 0.538. The number of halogens is 1. The van der Waals surface area contributed by atoms with Gasteiger partial charge in [-0.3, -0.25) is 0 Å². The van der Waals surface area contributed by atoms with Crippen molar-refractivity contribution in [3.05, 3.63) is 34.3 Å². The van der Waals surface area contributed by atoms with Crippen LogP contribution in [0.1, 0.15) is 42.9 Å². The van der Waals surface area contributed by atoms with Gasteiger partial charge in [0.2, 0.25) is 0 Å². The van der Waals surface area contributed by atoms with E-state index in [-0.39, 0.29) is 0 Å². The van der Waals surface area contributed by atoms with Gasteiger partial charge in [0.05, 0.1) is 0 Å². The minimum Gasteiger partial charge on any atom is -0.306 e. The highest BCUT2D eigenvalue weighted by Gasteiger charge is 2.32. The summed E-state index contributed by atoms with van der Waals surface area (Å²) in [5.74, 6) is 0.811. The lowest BCUT2D eigenvalue weighted by atomic mass is 9.92. The highest BCUT2D eigenvalue weighted by molar-refractivity contribution is 6.31. The van der Waals surface area contributed by atoms with Crippen LogP contribution in [0.4, 0.5) is 0 Å². The van der Waals surface area contributed by atoms with Crippen molar-refractivity contribution in [2.75, 3.05) is 0 Å². The molecular weight excluding hydrogens is 206 g/mol. The van der Waals surface area contributed by atoms with Crippen LogP contribution in [0.2, 0.25) is 5.02 Å². The Labute approximate surface area is 95.8 Å². The number of hydrogen-bond acceptors (Lipinski definition) is 1. The second kappa shape index (κ2) is 3.80. The molecule has 1 fully saturated rings. The lowest BCUT2D eigenvalue weighted by molar-refractivity contribution is 0.390. The van der Waals surface area contributed by atoms with Crippen LogP contribution in [-0.2, 0) is 6.54 Å². The highest BCUT2D eigenvalue weighted by atomic mass is 35.5. The maximum atomic E-state index is 6.30. The van der Waals surface area contributed by atoms with Crippen LogP contribution in [0.15, 0.2) is 18.2 Å². The summed E-state index contributed by atoms with van der Waals surface area (Å²) >= 11 is 6.30. The Morgan fingerprint density at radius 2 is 2.00 bits per heavy atom. The summed E-state index contributed by atoms with van der Waals surface area (Å²) < 4.78 is 0. The quantitative estimate of drug-likeness (QED) is 0.763. The molecular formula is C13H16ClN. The third-order valence-corrected chi connectivity index (χ3v) is 4.17. The first-order chi connectivity index (χ1) is 7.36. The Kier molecular flexibility index (Phi) is 2.45. The lowest BCUT2D eigenvalue weighted by Gasteiger charge is -2.20. The maximum absolute atomic E-state index is 6.30. The Hall–Kier alpha value is -0.530. The first kappa shape index (κ1) is 9.68. The van der Waals surface area contributed by atoms with Crippen LogP contribution in [0.25, 0.3) is 0 Å². The predicted octanol–water partition coefficient (Wildman–Crippen LogP) is 3.67. The zero-order valence-corrected chi connectivity index (χ0v) is 9.56. The van der Waals surface area contributed by atoms with E-state index >= 15 is 0 Å². The van der Waals surface area contributed by atoms with Crippen molar-refractivity contribution in [3.63, 3.8) is 0 Å². The van der Waals surface area contributed by atoms with E-state index in [0.717, 1.165) is 17.5 Å². The Morgan fingerprint density at radius 1 is 1.20 bits per heavy atom. The van der Waals surface area contributed by atoms with E-state index in [1.807, 2.05) is 6.07 Å². The summed E-state index contributed by atoms with van der Waals surface area (Å²) in [6.07, 6.45) is 5.51. The zero-order valence-electron chi connectivity index (χ0n) is 8.80. The van der Waals surface area contributed by atoms with Gasteiger partial charge in [-0.15, -0.1) is 0 Å². The maximum Gasteiger partial charge on any atom is 0.0457 e. The average molecular weight is 222 g/mol. The first-order valence-corrected chi connectivity index (χ1v) is 6.25. The lowest BCUT2D eigenvalue weighted by Crippen LogP contribution is -2.19. The molecule has 3 rings (SSSR count). The van der Waals surface area contributed by atoms with Crippen LogP contribution >= 0.6 is 11.6 Å². The van der Waals surface area contributed by atoms with E-state index in [0.29, 0.717) is 6.04 Å². The van der Waals surface area contributed by atoms with Crippen molar-refractivity contribution in [1.29, 1.82) is 0 Å². The van der Waals surface area contributed by atoms with Crippen LogP contribution in [0.5, 0.6) is 0 Å². The van der Waals surface area contributed by atoms with Crippen LogP contribution in [0, 0.1) is 5.92 Å². The summed E-state index contributed by atoms with van der Waals surface area (Å²) in [5, 5.41) is 4.57. The average Bonchev–Trinajstić information content (AvgIpc) is 2.85. The van der Waals surface area contributed by atoms with Gasteiger partial charge in [-0.1, -0.05) is 36.6 Å². The second-order valence-corrected chi connectivity index (χ2v) is 5.12. The normalized spacial score (nSPS) is 25.8. The summed E-state index contributed by atoms with van der Waals surface area (Å²) in [4.78, 5) is 0. The van der Waals surface area contributed by atoms with Gasteiger partial charge < -0.3 is 5.32 Å². The van der Waals surface area contributed by atoms with Gasteiger partial charge in [0.1, 0.15) is 0 Å². The largest absolute Gasteiger partial charge is 0.306 e. The van der Waals surface area contributed by atoms with Crippen molar-refractivity contribution in [1.82, 2.24) is 5.32 Å². The van der Waals surface area contributed by atoms with Crippen molar-refractivity contribution in [3.8, 4) is 0 Å². The molecule has 1 nitrogen and oxygen atoms in total. The van der Waals surface area contributed by atoms with E-state index in [2.05, 4.69) is 17.4 Å². The number of hydrogen-bond donors (Lipinski definition) is 1. The van der Waals surface area contributed by atoms with Gasteiger partial charge in [0.25, 0.3) is 0 Å². The summed E-state index contributed by atoms with van der Waals surface area (Å²) in [6, 6.07) is 6.80. The molecule has 1 aromatic carbocycles. The SMILES string of the molecule is Clc1cccc2c1C(C1CCCC1)NC2. The molecule has 1 aromatic rings. The van der Waals surface area contributed by atoms with Gasteiger partial charge >= 0.3 is 0 Å². The van der Waals surface area contributed by atoms with E-state index in [1.54, 1.807) is 0 Å². The number of rotatable bonds is 1. The third kappa shape index (κ3) is 1.58. The van der Waals surface area contributed by atoms with Crippen LogP contribution in [0.3, 0.4) is 0 Å². The van der Waals surface area contributed by atoms with Gasteiger partial charge in [0, 0.05) is 17.6 Å². The third-order valence-electron chi connectivity index (χ3n) is 3.84. The molecule has 80 valence electrons. The number of nitrogens with one attached hydrogen (secondary N) is 1. The molecule has 0 bridgehead atoms. The molecule has 2 heteroatoms. The highest BCUT2D eigenvalue weighted by Crippen LogP contribution is 2.42. The van der Waals surface area contributed by atoms with Crippen molar-refractivity contribution >= 4 is 11.6 Å². The topological polar surface area (TPSA) is 12.0 Å². The smallest absolute Gasteiger partial charge is 0.0457 e. The molecule has 1 aliphatic heterocycles. The van der Waals surface area contributed by atoms with E-state index in [9.17, 15) is 0 Å². The molecule has 0 aromatic heterocycles. The standard InChI is InChI=1S/C13H16ClN/c14-11-7-3-6-10-8-15-13(12(10)11)9-4-1-2-5-9/h3,6-7,9,13,15H,1-2,4-5,8H2. The fourth-order valence-corrected chi connectivity index (χ4v) is 3.41. The molecule has 0 amide bonds. The second-order valence-electron chi connectivity index (χ2n) is 4.72. The Bertz CT molecular complexity index is 369. The monoisotopic (exact) mass is 221 g/mol. The van der Waals surface area contributed by atoms with Gasteiger partial charge in [-0.25, -0.2) is 0 Å². The molecule has 0 saturated heterocycles. The van der Waals surface area contributed by atoms with E-state index in [4.69, 9.17) is 11.6 Å². The molecule has 2 aliphatic rings. The Morgan fingerprint density at radius 3 is 2.80 bits per heavy atom. The summed E-state index contributed by atoms with van der Waals surface area (Å²) in [7, 11) is 0. The minimum atomic E-state index is 0.524. The summed E-state index contributed by atoms with van der Waals surface area (Å²) in [6.45, 7) is 0.997. The molecule has 1 aliphatic carbocycles.